The van der Waals surface area contributed by atoms with Gasteiger partial charge in [0.25, 0.3) is 0 Å². The number of H-pyrrole nitrogens is 1. The molecule has 1 aromatic carbocycles. The summed E-state index contributed by atoms with van der Waals surface area (Å²) in [5.74, 6) is -0.972. The minimum absolute atomic E-state index is 0. The van der Waals surface area contributed by atoms with E-state index in [0.29, 0.717) is 6.42 Å². The molecule has 0 unspecified atom stereocenters. The average Bonchev–Trinajstić information content (AvgIpc) is 2.62. The number of aromatic nitrogens is 1. The number of carbonyl (C=O) groups is 1. The van der Waals surface area contributed by atoms with E-state index < -0.39 is 12.0 Å². The number of nitrogens with one attached hydrogen (secondary N) is 1. The second-order valence-corrected chi connectivity index (χ2v) is 3.51. The highest BCUT2D eigenvalue weighted by molar-refractivity contribution is 5.86. The first-order valence-electron chi connectivity index (χ1n) is 4.72. The van der Waals surface area contributed by atoms with Crippen LogP contribution in [0.5, 0.6) is 0 Å². The summed E-state index contributed by atoms with van der Waals surface area (Å²) in [4.78, 5) is 13.7. The van der Waals surface area contributed by atoms with Crippen molar-refractivity contribution in [2.75, 3.05) is 0 Å². The lowest BCUT2D eigenvalue weighted by molar-refractivity contribution is -0.138. The Morgan fingerprint density at radius 2 is 2.00 bits per heavy atom. The van der Waals surface area contributed by atoms with E-state index in [-0.39, 0.29) is 24.8 Å². The molecule has 4 N–H and O–H groups in total. The Morgan fingerprint density at radius 1 is 1.35 bits per heavy atom. The van der Waals surface area contributed by atoms with Crippen LogP contribution in [-0.4, -0.2) is 22.1 Å². The first-order chi connectivity index (χ1) is 7.18. The number of halogens is 2. The molecule has 0 saturated heterocycles. The molecule has 0 bridgehead atoms. The Morgan fingerprint density at radius 3 is 2.65 bits per heavy atom. The third-order valence-corrected chi connectivity index (χ3v) is 2.43. The minimum atomic E-state index is -0.972. The van der Waals surface area contributed by atoms with Gasteiger partial charge in [-0.1, -0.05) is 18.2 Å². The van der Waals surface area contributed by atoms with E-state index in [4.69, 9.17) is 10.8 Å². The lowest BCUT2D eigenvalue weighted by Crippen LogP contribution is -2.32. The summed E-state index contributed by atoms with van der Waals surface area (Å²) in [6.07, 6.45) is 2.16. The van der Waals surface area contributed by atoms with Gasteiger partial charge in [0.05, 0.1) is 0 Å². The number of aromatic amines is 1. The number of hydrogen-bond donors (Lipinski definition) is 3. The van der Waals surface area contributed by atoms with Crippen LogP contribution >= 0.6 is 24.8 Å². The monoisotopic (exact) mass is 276 g/mol. The van der Waals surface area contributed by atoms with Crippen molar-refractivity contribution in [3.05, 3.63) is 36.0 Å². The molecule has 1 atom stereocenters. The molecule has 0 saturated carbocycles. The molecule has 0 radical (unpaired) electrons. The first-order valence-corrected chi connectivity index (χ1v) is 4.72. The van der Waals surface area contributed by atoms with E-state index in [2.05, 4.69) is 4.98 Å². The number of carboxylic acid groups (broad SMARTS) is 1. The smallest absolute Gasteiger partial charge is 0.320 e. The zero-order chi connectivity index (χ0) is 10.8. The number of carboxylic acids is 1. The Bertz CT molecular complexity index is 499. The molecule has 0 aliphatic heterocycles. The van der Waals surface area contributed by atoms with Crippen molar-refractivity contribution in [1.82, 2.24) is 4.98 Å². The first kappa shape index (κ1) is 15.8. The largest absolute Gasteiger partial charge is 0.480 e. The van der Waals surface area contributed by atoms with Crippen molar-refractivity contribution in [3.8, 4) is 0 Å². The quantitative estimate of drug-likeness (QED) is 0.802. The maximum Gasteiger partial charge on any atom is 0.320 e. The van der Waals surface area contributed by atoms with Gasteiger partial charge < -0.3 is 15.8 Å². The molecule has 0 fully saturated rings. The van der Waals surface area contributed by atoms with Gasteiger partial charge in [0.1, 0.15) is 6.04 Å². The van der Waals surface area contributed by atoms with Gasteiger partial charge in [-0.25, -0.2) is 0 Å². The molecule has 2 aromatic rings. The van der Waals surface area contributed by atoms with Gasteiger partial charge in [-0.3, -0.25) is 4.79 Å². The van der Waals surface area contributed by atoms with Gasteiger partial charge in [0, 0.05) is 23.5 Å². The zero-order valence-corrected chi connectivity index (χ0v) is 10.6. The molecule has 0 amide bonds. The molecule has 6 heteroatoms. The summed E-state index contributed by atoms with van der Waals surface area (Å²) in [7, 11) is 0. The fraction of sp³-hybridized carbons (Fsp3) is 0.182. The molecule has 17 heavy (non-hydrogen) atoms. The molecule has 0 aliphatic carbocycles. The topological polar surface area (TPSA) is 79.1 Å². The van der Waals surface area contributed by atoms with E-state index in [1.165, 1.54) is 0 Å². The Hall–Kier alpha value is -1.23. The minimum Gasteiger partial charge on any atom is -0.480 e. The summed E-state index contributed by atoms with van der Waals surface area (Å²) < 4.78 is 0. The van der Waals surface area contributed by atoms with Gasteiger partial charge in [-0.15, -0.1) is 24.8 Å². The van der Waals surface area contributed by atoms with E-state index in [9.17, 15) is 4.79 Å². The van der Waals surface area contributed by atoms with Crippen LogP contribution in [-0.2, 0) is 11.2 Å². The lowest BCUT2D eigenvalue weighted by atomic mass is 10.1. The van der Waals surface area contributed by atoms with E-state index in [1.807, 2.05) is 30.5 Å². The average molecular weight is 277 g/mol. The van der Waals surface area contributed by atoms with Gasteiger partial charge in [-0.05, 0) is 11.6 Å². The van der Waals surface area contributed by atoms with E-state index in [1.54, 1.807) is 0 Å². The van der Waals surface area contributed by atoms with Crippen LogP contribution in [0.3, 0.4) is 0 Å². The van der Waals surface area contributed by atoms with Gasteiger partial charge in [0.15, 0.2) is 0 Å². The van der Waals surface area contributed by atoms with Gasteiger partial charge in [-0.2, -0.15) is 0 Å². The van der Waals surface area contributed by atoms with Crippen molar-refractivity contribution in [1.29, 1.82) is 0 Å². The Balaban J connectivity index is 0.00000128. The second-order valence-electron chi connectivity index (χ2n) is 3.51. The highest BCUT2D eigenvalue weighted by Crippen LogP contribution is 2.18. The number of rotatable bonds is 3. The number of benzene rings is 1. The fourth-order valence-corrected chi connectivity index (χ4v) is 1.62. The molecule has 2 rings (SSSR count). The number of hydrogen-bond acceptors (Lipinski definition) is 2. The molecule has 0 aliphatic rings. The summed E-state index contributed by atoms with van der Waals surface area (Å²) in [6.45, 7) is 0. The fourth-order valence-electron chi connectivity index (χ4n) is 1.62. The number of nitrogens with two attached hydrogens (primary N) is 1. The second kappa shape index (κ2) is 6.49. The van der Waals surface area contributed by atoms with Gasteiger partial charge >= 0.3 is 5.97 Å². The van der Waals surface area contributed by atoms with Crippen molar-refractivity contribution in [2.45, 2.75) is 12.5 Å². The van der Waals surface area contributed by atoms with Crippen molar-refractivity contribution < 1.29 is 9.90 Å². The molecule has 4 nitrogen and oxygen atoms in total. The molecule has 94 valence electrons. The Labute approximate surface area is 111 Å². The lowest BCUT2D eigenvalue weighted by Gasteiger charge is -2.04. The molecule has 1 heterocycles. The van der Waals surface area contributed by atoms with Crippen molar-refractivity contribution in [3.63, 3.8) is 0 Å². The highest BCUT2D eigenvalue weighted by Gasteiger charge is 2.14. The summed E-state index contributed by atoms with van der Waals surface area (Å²) in [6, 6.07) is 6.91. The van der Waals surface area contributed by atoms with Crippen molar-refractivity contribution in [2.24, 2.45) is 5.73 Å². The third kappa shape index (κ3) is 3.36. The standard InChI is InChI=1S/C11H12N2O2.2ClH/c12-9(11(14)15)5-7-6-13-10-4-2-1-3-8(7)10;;/h1-4,6,9,13H,5,12H2,(H,14,15);2*1H/t9-;;/m1../s1. The molecule has 0 spiro atoms. The predicted molar refractivity (Wildman–Crippen MR) is 72.1 cm³/mol. The number of fused-ring (bicyclic) bond motifs is 1. The van der Waals surface area contributed by atoms with Crippen LogP contribution in [0.4, 0.5) is 0 Å². The molecular weight excluding hydrogens is 263 g/mol. The molecular formula is C11H14Cl2N2O2. The van der Waals surface area contributed by atoms with Crippen LogP contribution in [0.2, 0.25) is 0 Å². The zero-order valence-electron chi connectivity index (χ0n) is 8.92. The number of para-hydroxylation sites is 1. The summed E-state index contributed by atoms with van der Waals surface area (Å²) >= 11 is 0. The normalized spacial score (nSPS) is 11.4. The van der Waals surface area contributed by atoms with Crippen LogP contribution < -0.4 is 5.73 Å². The Kier molecular flexibility index (Phi) is 6.02. The number of aliphatic carboxylic acids is 1. The van der Waals surface area contributed by atoms with E-state index >= 15 is 0 Å². The van der Waals surface area contributed by atoms with Crippen molar-refractivity contribution >= 4 is 41.7 Å². The summed E-state index contributed by atoms with van der Waals surface area (Å²) in [5, 5.41) is 9.75. The maximum absolute atomic E-state index is 10.6. The SMILES string of the molecule is Cl.Cl.N[C@H](Cc1c[nH]c2ccccc12)C(=O)O. The van der Waals surface area contributed by atoms with Crippen LogP contribution in [0.1, 0.15) is 5.56 Å². The highest BCUT2D eigenvalue weighted by atomic mass is 35.5. The van der Waals surface area contributed by atoms with E-state index in [0.717, 1.165) is 16.5 Å². The van der Waals surface area contributed by atoms with Crippen LogP contribution in [0.15, 0.2) is 30.5 Å². The molecule has 1 aromatic heterocycles. The third-order valence-electron chi connectivity index (χ3n) is 2.43. The van der Waals surface area contributed by atoms with Gasteiger partial charge in [0.2, 0.25) is 0 Å². The maximum atomic E-state index is 10.6. The summed E-state index contributed by atoms with van der Waals surface area (Å²) in [5.41, 5.74) is 7.43. The van der Waals surface area contributed by atoms with Crippen LogP contribution in [0.25, 0.3) is 10.9 Å². The predicted octanol–water partition coefficient (Wildman–Crippen LogP) is 1.97. The van der Waals surface area contributed by atoms with Crippen LogP contribution in [0, 0.1) is 0 Å².